The SMILES string of the molecule is NCCc1cn(Cc2ccc(Cl)cc2[N+](=O)[O-])nn1. The predicted octanol–water partition coefficient (Wildman–Crippen LogP) is 1.39. The van der Waals surface area contributed by atoms with Gasteiger partial charge in [-0.25, -0.2) is 4.68 Å². The van der Waals surface area contributed by atoms with Crippen molar-refractivity contribution in [3.8, 4) is 0 Å². The van der Waals surface area contributed by atoms with E-state index in [1.165, 1.54) is 6.07 Å². The van der Waals surface area contributed by atoms with Crippen molar-refractivity contribution in [1.82, 2.24) is 15.0 Å². The van der Waals surface area contributed by atoms with E-state index in [1.807, 2.05) is 0 Å². The summed E-state index contributed by atoms with van der Waals surface area (Å²) in [4.78, 5) is 10.5. The molecular weight excluding hydrogens is 270 g/mol. The first-order valence-electron chi connectivity index (χ1n) is 5.62. The fourth-order valence-electron chi connectivity index (χ4n) is 1.69. The number of benzene rings is 1. The van der Waals surface area contributed by atoms with Crippen molar-refractivity contribution in [3.63, 3.8) is 0 Å². The molecule has 0 saturated carbocycles. The zero-order valence-corrected chi connectivity index (χ0v) is 10.7. The monoisotopic (exact) mass is 281 g/mol. The van der Waals surface area contributed by atoms with Crippen LogP contribution >= 0.6 is 11.6 Å². The van der Waals surface area contributed by atoms with Gasteiger partial charge in [-0.1, -0.05) is 16.8 Å². The molecule has 1 aromatic heterocycles. The van der Waals surface area contributed by atoms with Gasteiger partial charge in [-0.2, -0.15) is 0 Å². The van der Waals surface area contributed by atoms with E-state index in [1.54, 1.807) is 23.0 Å². The maximum absolute atomic E-state index is 11.0. The number of halogens is 1. The van der Waals surface area contributed by atoms with Crippen LogP contribution in [0.2, 0.25) is 5.02 Å². The molecule has 0 aliphatic carbocycles. The summed E-state index contributed by atoms with van der Waals surface area (Å²) in [5, 5.41) is 19.1. The molecule has 0 unspecified atom stereocenters. The first kappa shape index (κ1) is 13.4. The second-order valence-corrected chi connectivity index (χ2v) is 4.41. The van der Waals surface area contributed by atoms with E-state index in [0.717, 1.165) is 5.69 Å². The summed E-state index contributed by atoms with van der Waals surface area (Å²) in [6.07, 6.45) is 2.36. The summed E-state index contributed by atoms with van der Waals surface area (Å²) in [7, 11) is 0. The maximum atomic E-state index is 11.0. The Morgan fingerprint density at radius 3 is 2.95 bits per heavy atom. The summed E-state index contributed by atoms with van der Waals surface area (Å²) in [5.74, 6) is 0. The molecule has 0 radical (unpaired) electrons. The highest BCUT2D eigenvalue weighted by molar-refractivity contribution is 6.30. The predicted molar refractivity (Wildman–Crippen MR) is 70.0 cm³/mol. The average Bonchev–Trinajstić information content (AvgIpc) is 2.79. The zero-order valence-electron chi connectivity index (χ0n) is 9.99. The van der Waals surface area contributed by atoms with Crippen LogP contribution in [0.1, 0.15) is 11.3 Å². The number of nitro benzene ring substituents is 1. The number of aromatic nitrogens is 3. The molecule has 8 heteroatoms. The summed E-state index contributed by atoms with van der Waals surface area (Å²) < 4.78 is 1.54. The van der Waals surface area contributed by atoms with Gasteiger partial charge in [0.1, 0.15) is 0 Å². The second-order valence-electron chi connectivity index (χ2n) is 3.98. The summed E-state index contributed by atoms with van der Waals surface area (Å²) in [6.45, 7) is 0.755. The molecule has 100 valence electrons. The maximum Gasteiger partial charge on any atom is 0.275 e. The van der Waals surface area contributed by atoms with Crippen LogP contribution in [0.5, 0.6) is 0 Å². The van der Waals surface area contributed by atoms with Crippen LogP contribution in [0.3, 0.4) is 0 Å². The lowest BCUT2D eigenvalue weighted by Crippen LogP contribution is -2.04. The van der Waals surface area contributed by atoms with Crippen molar-refractivity contribution in [1.29, 1.82) is 0 Å². The third-order valence-corrected chi connectivity index (χ3v) is 2.80. The standard InChI is InChI=1S/C11H12ClN5O2/c12-9-2-1-8(11(5-9)17(18)19)6-16-7-10(3-4-13)14-15-16/h1-2,5,7H,3-4,6,13H2. The van der Waals surface area contributed by atoms with Crippen LogP contribution in [0, 0.1) is 10.1 Å². The van der Waals surface area contributed by atoms with Gasteiger partial charge in [-0.3, -0.25) is 10.1 Å². The molecule has 1 aromatic carbocycles. The number of rotatable bonds is 5. The third kappa shape index (κ3) is 3.27. The highest BCUT2D eigenvalue weighted by Crippen LogP contribution is 2.23. The van der Waals surface area contributed by atoms with Crippen molar-refractivity contribution in [2.24, 2.45) is 5.73 Å². The minimum Gasteiger partial charge on any atom is -0.330 e. The van der Waals surface area contributed by atoms with Gasteiger partial charge in [0.25, 0.3) is 5.69 Å². The van der Waals surface area contributed by atoms with Crippen molar-refractivity contribution >= 4 is 17.3 Å². The molecule has 2 N–H and O–H groups in total. The summed E-state index contributed by atoms with van der Waals surface area (Å²) in [5.41, 5.74) is 6.69. The van der Waals surface area contributed by atoms with E-state index in [4.69, 9.17) is 17.3 Å². The molecule has 1 heterocycles. The Morgan fingerprint density at radius 1 is 1.47 bits per heavy atom. The molecule has 0 aliphatic rings. The Kier molecular flexibility index (Phi) is 4.08. The van der Waals surface area contributed by atoms with Gasteiger partial charge in [0.05, 0.1) is 22.7 Å². The van der Waals surface area contributed by atoms with E-state index in [2.05, 4.69) is 10.3 Å². The molecule has 19 heavy (non-hydrogen) atoms. The lowest BCUT2D eigenvalue weighted by molar-refractivity contribution is -0.385. The van der Waals surface area contributed by atoms with Crippen LogP contribution in [-0.4, -0.2) is 26.5 Å². The summed E-state index contributed by atoms with van der Waals surface area (Å²) >= 11 is 5.76. The van der Waals surface area contributed by atoms with E-state index >= 15 is 0 Å². The molecule has 2 rings (SSSR count). The second kappa shape index (κ2) is 5.77. The van der Waals surface area contributed by atoms with Crippen molar-refractivity contribution in [3.05, 3.63) is 50.8 Å². The molecule has 7 nitrogen and oxygen atoms in total. The van der Waals surface area contributed by atoms with E-state index < -0.39 is 4.92 Å². The van der Waals surface area contributed by atoms with Gasteiger partial charge in [0, 0.05) is 23.7 Å². The van der Waals surface area contributed by atoms with Crippen LogP contribution in [0.15, 0.2) is 24.4 Å². The van der Waals surface area contributed by atoms with Crippen LogP contribution < -0.4 is 5.73 Å². The smallest absolute Gasteiger partial charge is 0.275 e. The molecule has 2 aromatic rings. The first-order valence-corrected chi connectivity index (χ1v) is 6.00. The molecule has 0 fully saturated rings. The van der Waals surface area contributed by atoms with Gasteiger partial charge in [-0.15, -0.1) is 5.10 Å². The lowest BCUT2D eigenvalue weighted by atomic mass is 10.2. The topological polar surface area (TPSA) is 99.9 Å². The molecule has 0 saturated heterocycles. The van der Waals surface area contributed by atoms with E-state index in [0.29, 0.717) is 23.6 Å². The van der Waals surface area contributed by atoms with Crippen LogP contribution in [0.25, 0.3) is 0 Å². The Hall–Kier alpha value is -1.99. The zero-order chi connectivity index (χ0) is 13.8. The Balaban J connectivity index is 2.24. The Morgan fingerprint density at radius 2 is 2.26 bits per heavy atom. The normalized spacial score (nSPS) is 10.6. The molecule has 0 atom stereocenters. The molecule has 0 spiro atoms. The largest absolute Gasteiger partial charge is 0.330 e. The third-order valence-electron chi connectivity index (χ3n) is 2.56. The number of nitrogens with two attached hydrogens (primary N) is 1. The molecule has 0 amide bonds. The van der Waals surface area contributed by atoms with Crippen LogP contribution in [0.4, 0.5) is 5.69 Å². The van der Waals surface area contributed by atoms with Gasteiger partial charge >= 0.3 is 0 Å². The number of nitrogens with zero attached hydrogens (tertiary/aromatic N) is 4. The first-order chi connectivity index (χ1) is 9.10. The van der Waals surface area contributed by atoms with E-state index in [-0.39, 0.29) is 12.2 Å². The quantitative estimate of drug-likeness (QED) is 0.659. The minimum atomic E-state index is -0.459. The highest BCUT2D eigenvalue weighted by Gasteiger charge is 2.15. The molecule has 0 bridgehead atoms. The van der Waals surface area contributed by atoms with Gasteiger partial charge in [0.2, 0.25) is 0 Å². The van der Waals surface area contributed by atoms with Crippen molar-refractivity contribution in [2.45, 2.75) is 13.0 Å². The average molecular weight is 282 g/mol. The Labute approximate surface area is 114 Å². The molecular formula is C11H12ClN5O2. The fourth-order valence-corrected chi connectivity index (χ4v) is 1.86. The van der Waals surface area contributed by atoms with Crippen molar-refractivity contribution < 1.29 is 4.92 Å². The minimum absolute atomic E-state index is 0.0247. The highest BCUT2D eigenvalue weighted by atomic mass is 35.5. The number of hydrogen-bond donors (Lipinski definition) is 1. The Bertz CT molecular complexity index is 599. The fraction of sp³-hybridized carbons (Fsp3) is 0.273. The lowest BCUT2D eigenvalue weighted by Gasteiger charge is -2.03. The van der Waals surface area contributed by atoms with Crippen LogP contribution in [-0.2, 0) is 13.0 Å². The van der Waals surface area contributed by atoms with E-state index in [9.17, 15) is 10.1 Å². The van der Waals surface area contributed by atoms with Gasteiger partial charge in [-0.05, 0) is 18.7 Å². The summed E-state index contributed by atoms with van der Waals surface area (Å²) in [6, 6.07) is 4.56. The van der Waals surface area contributed by atoms with Gasteiger partial charge in [0.15, 0.2) is 0 Å². The molecule has 0 aliphatic heterocycles. The van der Waals surface area contributed by atoms with Crippen molar-refractivity contribution in [2.75, 3.05) is 6.54 Å². The van der Waals surface area contributed by atoms with Gasteiger partial charge < -0.3 is 5.73 Å². The number of hydrogen-bond acceptors (Lipinski definition) is 5. The number of nitro groups is 1.